The summed E-state index contributed by atoms with van der Waals surface area (Å²) in [6, 6.07) is 0.725. The van der Waals surface area contributed by atoms with Gasteiger partial charge in [0.1, 0.15) is 11.6 Å². The van der Waals surface area contributed by atoms with Gasteiger partial charge in [0.2, 0.25) is 0 Å². The van der Waals surface area contributed by atoms with Crippen molar-refractivity contribution in [3.63, 3.8) is 0 Å². The summed E-state index contributed by atoms with van der Waals surface area (Å²) in [4.78, 5) is 3.49. The largest absolute Gasteiger partial charge is 0.432 e. The highest BCUT2D eigenvalue weighted by atomic mass is 19.4. The van der Waals surface area contributed by atoms with Crippen LogP contribution >= 0.6 is 0 Å². The van der Waals surface area contributed by atoms with Crippen LogP contribution in [0.4, 0.5) is 26.3 Å². The average Bonchev–Trinajstić information content (AvgIpc) is 3.27. The number of alkyl halides is 6. The van der Waals surface area contributed by atoms with Crippen molar-refractivity contribution in [2.24, 2.45) is 16.8 Å². The van der Waals surface area contributed by atoms with Crippen molar-refractivity contribution in [1.82, 2.24) is 10.6 Å². The molecule has 6 unspecified atom stereocenters. The Bertz CT molecular complexity index is 843. The smallest absolute Gasteiger partial charge is 0.387 e. The minimum absolute atomic E-state index is 0.0438. The van der Waals surface area contributed by atoms with E-state index in [1.807, 2.05) is 0 Å². The summed E-state index contributed by atoms with van der Waals surface area (Å²) in [7, 11) is 0. The molecule has 0 amide bonds. The number of fused-ring (bicyclic) bond motifs is 3. The second-order valence-corrected chi connectivity index (χ2v) is 8.94. The summed E-state index contributed by atoms with van der Waals surface area (Å²) in [5, 5.41) is 17.2. The third kappa shape index (κ3) is 4.21. The van der Waals surface area contributed by atoms with Crippen molar-refractivity contribution >= 4 is 5.71 Å². The van der Waals surface area contributed by atoms with Gasteiger partial charge in [-0.3, -0.25) is 4.99 Å². The minimum Gasteiger partial charge on any atom is -0.387 e. The number of aliphatic hydroxyl groups is 1. The fourth-order valence-electron chi connectivity index (χ4n) is 5.34. The van der Waals surface area contributed by atoms with Crippen LogP contribution in [0.5, 0.6) is 0 Å². The number of rotatable bonds is 5. The van der Waals surface area contributed by atoms with Gasteiger partial charge in [0, 0.05) is 25.2 Å². The fourth-order valence-corrected chi connectivity index (χ4v) is 5.34. The molecule has 0 aromatic heterocycles. The molecular formula is C21H25F6N3O. The van der Waals surface area contributed by atoms with Gasteiger partial charge in [0.15, 0.2) is 0 Å². The second-order valence-electron chi connectivity index (χ2n) is 8.94. The van der Waals surface area contributed by atoms with Crippen molar-refractivity contribution in [3.8, 4) is 0 Å². The molecule has 172 valence electrons. The molecule has 6 atom stereocenters. The van der Waals surface area contributed by atoms with Crippen LogP contribution in [0.2, 0.25) is 0 Å². The predicted molar refractivity (Wildman–Crippen MR) is 104 cm³/mol. The molecule has 2 fully saturated rings. The third-order valence-electron chi connectivity index (χ3n) is 6.87. The minimum atomic E-state index is -4.93. The van der Waals surface area contributed by atoms with Gasteiger partial charge in [-0.25, -0.2) is 0 Å². The highest BCUT2D eigenvalue weighted by molar-refractivity contribution is 6.02. The molecule has 0 aromatic carbocycles. The lowest BCUT2D eigenvalue weighted by atomic mass is 9.70. The number of dihydropyridines is 1. The predicted octanol–water partition coefficient (Wildman–Crippen LogP) is 3.45. The molecule has 2 aliphatic heterocycles. The van der Waals surface area contributed by atoms with E-state index in [2.05, 4.69) is 15.6 Å². The van der Waals surface area contributed by atoms with Crippen LogP contribution in [0.15, 0.2) is 40.4 Å². The van der Waals surface area contributed by atoms with Gasteiger partial charge in [-0.1, -0.05) is 18.2 Å². The van der Waals surface area contributed by atoms with E-state index < -0.39 is 35.6 Å². The Morgan fingerprint density at radius 3 is 2.58 bits per heavy atom. The van der Waals surface area contributed by atoms with Gasteiger partial charge in [0.05, 0.1) is 11.6 Å². The molecule has 3 N–H and O–H groups in total. The molecule has 4 aliphatic rings. The van der Waals surface area contributed by atoms with Crippen LogP contribution < -0.4 is 10.6 Å². The van der Waals surface area contributed by atoms with Crippen LogP contribution in [-0.4, -0.2) is 60.0 Å². The maximum absolute atomic E-state index is 13.6. The molecule has 4 rings (SSSR count). The zero-order valence-corrected chi connectivity index (χ0v) is 16.9. The van der Waals surface area contributed by atoms with Gasteiger partial charge in [0.25, 0.3) is 0 Å². The Labute approximate surface area is 176 Å². The molecule has 1 saturated carbocycles. The first-order chi connectivity index (χ1) is 14.4. The molecule has 2 aliphatic carbocycles. The first kappa shape index (κ1) is 22.5. The zero-order valence-electron chi connectivity index (χ0n) is 16.9. The molecule has 0 radical (unpaired) electrons. The molecule has 31 heavy (non-hydrogen) atoms. The van der Waals surface area contributed by atoms with Gasteiger partial charge in [-0.2, -0.15) is 26.3 Å². The van der Waals surface area contributed by atoms with Crippen LogP contribution in [0.25, 0.3) is 0 Å². The van der Waals surface area contributed by atoms with Gasteiger partial charge in [-0.15, -0.1) is 0 Å². The maximum Gasteiger partial charge on any atom is 0.432 e. The highest BCUT2D eigenvalue weighted by Crippen LogP contribution is 2.49. The number of nitrogens with zero attached hydrogens (tertiary/aromatic N) is 1. The van der Waals surface area contributed by atoms with E-state index in [1.54, 1.807) is 0 Å². The molecule has 2 bridgehead atoms. The molecule has 2 heterocycles. The molecule has 0 aromatic rings. The van der Waals surface area contributed by atoms with E-state index in [0.29, 0.717) is 24.6 Å². The maximum atomic E-state index is 13.6. The van der Waals surface area contributed by atoms with E-state index in [-0.39, 0.29) is 23.7 Å². The average molecular weight is 449 g/mol. The molecule has 4 nitrogen and oxygen atoms in total. The lowest BCUT2D eigenvalue weighted by Crippen LogP contribution is -2.50. The van der Waals surface area contributed by atoms with Crippen molar-refractivity contribution in [2.45, 2.75) is 62.3 Å². The van der Waals surface area contributed by atoms with Gasteiger partial charge >= 0.3 is 12.4 Å². The monoisotopic (exact) mass is 449 g/mol. The molecular weight excluding hydrogens is 424 g/mol. The normalized spacial score (nSPS) is 36.1. The van der Waals surface area contributed by atoms with Crippen LogP contribution in [0, 0.1) is 11.8 Å². The summed E-state index contributed by atoms with van der Waals surface area (Å²) < 4.78 is 81.3. The van der Waals surface area contributed by atoms with Crippen LogP contribution in [0.3, 0.4) is 0 Å². The summed E-state index contributed by atoms with van der Waals surface area (Å²) in [6.07, 6.45) is -3.81. The van der Waals surface area contributed by atoms with Crippen molar-refractivity contribution in [3.05, 3.63) is 35.5 Å². The first-order valence-corrected chi connectivity index (χ1v) is 10.4. The zero-order chi connectivity index (χ0) is 22.6. The topological polar surface area (TPSA) is 56.7 Å². The Morgan fingerprint density at radius 1 is 1.26 bits per heavy atom. The van der Waals surface area contributed by atoms with Crippen LogP contribution in [0.1, 0.15) is 26.2 Å². The number of aliphatic hydroxyl groups excluding tert-OH is 1. The Hall–Kier alpha value is -1.65. The van der Waals surface area contributed by atoms with E-state index in [0.717, 1.165) is 38.3 Å². The Balaban J connectivity index is 1.55. The van der Waals surface area contributed by atoms with Crippen molar-refractivity contribution in [2.75, 3.05) is 13.1 Å². The standard InChI is InChI=1S/C21H25F6N3O/c1-19-14(3-2-4-17(19)20(22,23)24)13(8-18(30-19)21(25,26)27)16(31)10-28-9-15-11-5-6-12(7-11)29-15/h2-4,8,11-12,15-17,28-29,31H,5-7,9-10H2,1H3. The van der Waals surface area contributed by atoms with Crippen LogP contribution in [-0.2, 0) is 0 Å². The van der Waals surface area contributed by atoms with E-state index in [9.17, 15) is 31.4 Å². The number of halogens is 6. The second kappa shape index (κ2) is 7.74. The Kier molecular flexibility index (Phi) is 5.63. The summed E-state index contributed by atoms with van der Waals surface area (Å²) in [6.45, 7) is 1.51. The van der Waals surface area contributed by atoms with Crippen molar-refractivity contribution in [1.29, 1.82) is 0 Å². The van der Waals surface area contributed by atoms with Gasteiger partial charge in [-0.05, 0) is 49.3 Å². The lowest BCUT2D eigenvalue weighted by molar-refractivity contribution is -0.173. The number of hydrogen-bond acceptors (Lipinski definition) is 4. The molecule has 10 heteroatoms. The van der Waals surface area contributed by atoms with E-state index >= 15 is 0 Å². The molecule has 0 spiro atoms. The Morgan fingerprint density at radius 2 is 2.00 bits per heavy atom. The summed E-state index contributed by atoms with van der Waals surface area (Å²) in [5.41, 5.74) is -3.84. The highest BCUT2D eigenvalue weighted by Gasteiger charge is 2.56. The fraction of sp³-hybridized carbons (Fsp3) is 0.667. The number of aliphatic imine (C=N–C) groups is 1. The number of allylic oxidation sites excluding steroid dienone is 3. The van der Waals surface area contributed by atoms with Gasteiger partial charge < -0.3 is 15.7 Å². The van der Waals surface area contributed by atoms with E-state index in [1.165, 1.54) is 6.08 Å². The number of piperidine rings is 1. The quantitative estimate of drug-likeness (QED) is 0.564. The SMILES string of the molecule is CC12N=C(C(F)(F)F)C=C(C(O)CNCC3NC4CCC3C4)C1=CC=CC2C(F)(F)F. The van der Waals surface area contributed by atoms with Crippen molar-refractivity contribution < 1.29 is 31.4 Å². The summed E-state index contributed by atoms with van der Waals surface area (Å²) in [5.74, 6) is -1.69. The lowest BCUT2D eigenvalue weighted by Gasteiger charge is -2.42. The third-order valence-corrected chi connectivity index (χ3v) is 6.87. The number of hydrogen-bond donors (Lipinski definition) is 3. The summed E-state index contributed by atoms with van der Waals surface area (Å²) >= 11 is 0. The van der Waals surface area contributed by atoms with E-state index in [4.69, 9.17) is 0 Å². The number of nitrogens with one attached hydrogen (secondary N) is 2. The molecule has 1 saturated heterocycles. The first-order valence-electron chi connectivity index (χ1n) is 10.4.